The zero-order valence-electron chi connectivity index (χ0n) is 8.30. The minimum atomic E-state index is -0.394. The summed E-state index contributed by atoms with van der Waals surface area (Å²) in [5.74, 6) is 0. The van der Waals surface area contributed by atoms with Crippen molar-refractivity contribution in [2.45, 2.75) is 6.54 Å². The molecule has 2 aromatic rings. The predicted molar refractivity (Wildman–Crippen MR) is 57.5 cm³/mol. The highest BCUT2D eigenvalue weighted by atomic mass is 16.6. The van der Waals surface area contributed by atoms with Crippen LogP contribution < -0.4 is 5.73 Å². The molecule has 0 unspecified atom stereocenters. The lowest BCUT2D eigenvalue weighted by Crippen LogP contribution is -1.94. The maximum Gasteiger partial charge on any atom is 0.271 e. The zero-order valence-corrected chi connectivity index (χ0v) is 8.30. The lowest BCUT2D eigenvalue weighted by Gasteiger charge is -1.96. The van der Waals surface area contributed by atoms with Gasteiger partial charge in [0.2, 0.25) is 0 Å². The molecule has 2 rings (SSSR count). The van der Waals surface area contributed by atoms with E-state index in [2.05, 4.69) is 0 Å². The zero-order chi connectivity index (χ0) is 11.0. The third-order valence-corrected chi connectivity index (χ3v) is 2.49. The number of nitro benzene ring substituents is 1. The lowest BCUT2D eigenvalue weighted by atomic mass is 10.1. The molecule has 0 fully saturated rings. The molecule has 1 heterocycles. The van der Waals surface area contributed by atoms with Crippen molar-refractivity contribution in [1.29, 1.82) is 0 Å². The molecule has 2 N–H and O–H groups in total. The van der Waals surface area contributed by atoms with E-state index in [1.54, 1.807) is 12.1 Å². The van der Waals surface area contributed by atoms with Crippen molar-refractivity contribution < 1.29 is 4.92 Å². The molecule has 5 nitrogen and oxygen atoms in total. The van der Waals surface area contributed by atoms with E-state index in [0.29, 0.717) is 6.54 Å². The van der Waals surface area contributed by atoms with Crippen LogP contribution in [0.5, 0.6) is 0 Å². The normalized spacial score (nSPS) is 10.8. The van der Waals surface area contributed by atoms with Crippen LogP contribution in [0.1, 0.15) is 5.56 Å². The first-order valence-corrected chi connectivity index (χ1v) is 4.56. The third-order valence-electron chi connectivity index (χ3n) is 2.49. The Kier molecular flexibility index (Phi) is 2.17. The maximum atomic E-state index is 10.6. The number of fused-ring (bicyclic) bond motifs is 1. The Balaban J connectivity index is 2.72. The van der Waals surface area contributed by atoms with E-state index in [9.17, 15) is 10.1 Å². The molecule has 0 radical (unpaired) electrons. The second-order valence-electron chi connectivity index (χ2n) is 3.43. The van der Waals surface area contributed by atoms with Gasteiger partial charge in [0, 0.05) is 37.3 Å². The number of benzene rings is 1. The molecule has 0 saturated carbocycles. The van der Waals surface area contributed by atoms with Crippen LogP contribution in [0.4, 0.5) is 5.69 Å². The number of nitrogens with two attached hydrogens (primary N) is 1. The van der Waals surface area contributed by atoms with Crippen LogP contribution in [-0.2, 0) is 13.6 Å². The van der Waals surface area contributed by atoms with Gasteiger partial charge < -0.3 is 10.3 Å². The van der Waals surface area contributed by atoms with Gasteiger partial charge in [-0.25, -0.2) is 0 Å². The van der Waals surface area contributed by atoms with E-state index >= 15 is 0 Å². The smallest absolute Gasteiger partial charge is 0.271 e. The van der Waals surface area contributed by atoms with Crippen molar-refractivity contribution in [3.05, 3.63) is 40.1 Å². The fourth-order valence-electron chi connectivity index (χ4n) is 1.73. The molecule has 0 aliphatic carbocycles. The summed E-state index contributed by atoms with van der Waals surface area (Å²) in [6.07, 6.45) is 1.90. The molecule has 0 atom stereocenters. The van der Waals surface area contributed by atoms with Gasteiger partial charge in [-0.3, -0.25) is 10.1 Å². The largest absolute Gasteiger partial charge is 0.350 e. The number of hydrogen-bond donors (Lipinski definition) is 1. The van der Waals surface area contributed by atoms with Gasteiger partial charge in [0.05, 0.1) is 10.4 Å². The molecule has 0 spiro atoms. The van der Waals surface area contributed by atoms with Crippen LogP contribution in [0.2, 0.25) is 0 Å². The molecule has 0 aliphatic rings. The van der Waals surface area contributed by atoms with Crippen LogP contribution in [0.25, 0.3) is 10.9 Å². The molecule has 0 aliphatic heterocycles. The van der Waals surface area contributed by atoms with Crippen LogP contribution in [0, 0.1) is 10.1 Å². The maximum absolute atomic E-state index is 10.6. The Bertz CT molecular complexity index is 531. The fourth-order valence-corrected chi connectivity index (χ4v) is 1.73. The number of rotatable bonds is 2. The molecule has 0 amide bonds. The van der Waals surface area contributed by atoms with Gasteiger partial charge in [-0.2, -0.15) is 0 Å². The molecule has 5 heteroatoms. The van der Waals surface area contributed by atoms with Gasteiger partial charge in [0.25, 0.3) is 5.69 Å². The summed E-state index contributed by atoms with van der Waals surface area (Å²) in [5.41, 5.74) is 7.52. The van der Waals surface area contributed by atoms with Crippen LogP contribution in [-0.4, -0.2) is 9.49 Å². The molecule has 78 valence electrons. The van der Waals surface area contributed by atoms with Crippen LogP contribution in [0.3, 0.4) is 0 Å². The third kappa shape index (κ3) is 1.46. The summed E-state index contributed by atoms with van der Waals surface area (Å²) in [6.45, 7) is 0.440. The highest BCUT2D eigenvalue weighted by molar-refractivity contribution is 5.85. The van der Waals surface area contributed by atoms with Crippen molar-refractivity contribution in [2.75, 3.05) is 0 Å². The first-order valence-electron chi connectivity index (χ1n) is 4.56. The van der Waals surface area contributed by atoms with Gasteiger partial charge in [-0.15, -0.1) is 0 Å². The topological polar surface area (TPSA) is 74.1 Å². The number of nitro groups is 1. The standard InChI is InChI=1S/C10H11N3O2/c1-12-6-7(5-11)9-3-2-8(13(14)15)4-10(9)12/h2-4,6H,5,11H2,1H3. The van der Waals surface area contributed by atoms with E-state index in [4.69, 9.17) is 5.73 Å². The molecule has 0 bridgehead atoms. The SMILES string of the molecule is Cn1cc(CN)c2ccc([N+](=O)[O-])cc21. The number of nitrogens with zero attached hydrogens (tertiary/aromatic N) is 2. The lowest BCUT2D eigenvalue weighted by molar-refractivity contribution is -0.384. The Morgan fingerprint density at radius 2 is 2.27 bits per heavy atom. The Hall–Kier alpha value is -1.88. The monoisotopic (exact) mass is 205 g/mol. The minimum Gasteiger partial charge on any atom is -0.350 e. The van der Waals surface area contributed by atoms with Crippen LogP contribution >= 0.6 is 0 Å². The highest BCUT2D eigenvalue weighted by Gasteiger charge is 2.10. The number of aryl methyl sites for hydroxylation is 1. The first-order chi connectivity index (χ1) is 7.13. The Morgan fingerprint density at radius 1 is 1.53 bits per heavy atom. The van der Waals surface area contributed by atoms with Crippen molar-refractivity contribution >= 4 is 16.6 Å². The molecular weight excluding hydrogens is 194 g/mol. The predicted octanol–water partition coefficient (Wildman–Crippen LogP) is 1.55. The molecule has 1 aromatic heterocycles. The van der Waals surface area contributed by atoms with Crippen molar-refractivity contribution in [3.8, 4) is 0 Å². The first kappa shape index (κ1) is 9.67. The van der Waals surface area contributed by atoms with Crippen molar-refractivity contribution in [2.24, 2.45) is 12.8 Å². The number of non-ortho nitro benzene ring substituents is 1. The van der Waals surface area contributed by atoms with Gasteiger partial charge in [-0.1, -0.05) is 0 Å². The average Bonchev–Trinajstić information content (AvgIpc) is 2.55. The summed E-state index contributed by atoms with van der Waals surface area (Å²) in [7, 11) is 1.85. The summed E-state index contributed by atoms with van der Waals surface area (Å²) < 4.78 is 1.85. The van der Waals surface area contributed by atoms with E-state index in [0.717, 1.165) is 16.5 Å². The number of aromatic nitrogens is 1. The summed E-state index contributed by atoms with van der Waals surface area (Å²) in [4.78, 5) is 10.2. The minimum absolute atomic E-state index is 0.104. The Morgan fingerprint density at radius 3 is 2.87 bits per heavy atom. The quantitative estimate of drug-likeness (QED) is 0.597. The summed E-state index contributed by atoms with van der Waals surface area (Å²) >= 11 is 0. The van der Waals surface area contributed by atoms with Crippen molar-refractivity contribution in [1.82, 2.24) is 4.57 Å². The molecule has 0 saturated heterocycles. The van der Waals surface area contributed by atoms with E-state index < -0.39 is 4.92 Å². The molecular formula is C10H11N3O2. The summed E-state index contributed by atoms with van der Waals surface area (Å²) in [6, 6.07) is 4.81. The van der Waals surface area contributed by atoms with Gasteiger partial charge in [0.15, 0.2) is 0 Å². The fraction of sp³-hybridized carbons (Fsp3) is 0.200. The average molecular weight is 205 g/mol. The highest BCUT2D eigenvalue weighted by Crippen LogP contribution is 2.24. The second-order valence-corrected chi connectivity index (χ2v) is 3.43. The number of hydrogen-bond acceptors (Lipinski definition) is 3. The summed E-state index contributed by atoms with van der Waals surface area (Å²) in [5, 5.41) is 11.6. The van der Waals surface area contributed by atoms with E-state index in [-0.39, 0.29) is 5.69 Å². The van der Waals surface area contributed by atoms with E-state index in [1.165, 1.54) is 6.07 Å². The van der Waals surface area contributed by atoms with E-state index in [1.807, 2.05) is 17.8 Å². The van der Waals surface area contributed by atoms with Crippen molar-refractivity contribution in [3.63, 3.8) is 0 Å². The Labute approximate surface area is 86.3 Å². The van der Waals surface area contributed by atoms with Gasteiger partial charge in [-0.05, 0) is 11.6 Å². The van der Waals surface area contributed by atoms with Gasteiger partial charge >= 0.3 is 0 Å². The molecule has 1 aromatic carbocycles. The molecule has 15 heavy (non-hydrogen) atoms. The van der Waals surface area contributed by atoms with Gasteiger partial charge in [0.1, 0.15) is 0 Å². The second kappa shape index (κ2) is 3.36. The van der Waals surface area contributed by atoms with Crippen LogP contribution in [0.15, 0.2) is 24.4 Å².